The van der Waals surface area contributed by atoms with E-state index in [9.17, 15) is 14.9 Å². The van der Waals surface area contributed by atoms with Crippen LogP contribution in [0.1, 0.15) is 21.5 Å². The summed E-state index contributed by atoms with van der Waals surface area (Å²) in [5.74, 6) is -0.619. The first kappa shape index (κ1) is 14.4. The van der Waals surface area contributed by atoms with Crippen LogP contribution in [0, 0.1) is 17.0 Å². The largest absolute Gasteiger partial charge is 0.282 e. The molecular formula is C15H13N3O3. The first-order valence-corrected chi connectivity index (χ1v) is 6.21. The molecular weight excluding hydrogens is 270 g/mol. The van der Waals surface area contributed by atoms with Crippen LogP contribution < -0.4 is 5.43 Å². The molecule has 0 aliphatic rings. The topological polar surface area (TPSA) is 84.6 Å². The number of nitrogens with zero attached hydrogens (tertiary/aromatic N) is 2. The van der Waals surface area contributed by atoms with E-state index in [0.29, 0.717) is 0 Å². The number of amides is 1. The highest BCUT2D eigenvalue weighted by molar-refractivity contribution is 5.98. The van der Waals surface area contributed by atoms with Crippen molar-refractivity contribution in [3.63, 3.8) is 0 Å². The van der Waals surface area contributed by atoms with Gasteiger partial charge in [-0.05, 0) is 18.6 Å². The molecule has 0 aromatic heterocycles. The maximum absolute atomic E-state index is 11.9. The lowest BCUT2D eigenvalue weighted by Crippen LogP contribution is -2.18. The highest BCUT2D eigenvalue weighted by Crippen LogP contribution is 2.17. The van der Waals surface area contributed by atoms with Gasteiger partial charge in [-0.25, -0.2) is 5.43 Å². The van der Waals surface area contributed by atoms with Crippen LogP contribution in [0.5, 0.6) is 0 Å². The molecule has 21 heavy (non-hydrogen) atoms. The molecule has 0 heterocycles. The Balaban J connectivity index is 2.11. The summed E-state index contributed by atoms with van der Waals surface area (Å²) in [6, 6.07) is 13.3. The molecule has 2 aromatic rings. The molecule has 0 fully saturated rings. The third-order valence-corrected chi connectivity index (χ3v) is 2.77. The summed E-state index contributed by atoms with van der Waals surface area (Å²) in [6.45, 7) is 1.95. The fourth-order valence-corrected chi connectivity index (χ4v) is 1.80. The molecule has 6 nitrogen and oxygen atoms in total. The quantitative estimate of drug-likeness (QED) is 0.532. The minimum absolute atomic E-state index is 0.0242. The van der Waals surface area contributed by atoms with Crippen LogP contribution >= 0.6 is 0 Å². The number of hydrogen-bond acceptors (Lipinski definition) is 4. The minimum Gasteiger partial charge on any atom is -0.267 e. The van der Waals surface area contributed by atoms with Crippen LogP contribution in [0.3, 0.4) is 0 Å². The van der Waals surface area contributed by atoms with Crippen molar-refractivity contribution < 1.29 is 9.72 Å². The molecule has 0 saturated heterocycles. The molecule has 1 amide bonds. The zero-order valence-corrected chi connectivity index (χ0v) is 11.3. The average Bonchev–Trinajstić information content (AvgIpc) is 2.47. The van der Waals surface area contributed by atoms with Crippen LogP contribution in [0.15, 0.2) is 53.6 Å². The maximum Gasteiger partial charge on any atom is 0.282 e. The van der Waals surface area contributed by atoms with Gasteiger partial charge in [0.25, 0.3) is 11.6 Å². The number of hydrazone groups is 1. The monoisotopic (exact) mass is 283 g/mol. The summed E-state index contributed by atoms with van der Waals surface area (Å²) in [5.41, 5.74) is 3.92. The molecule has 0 aliphatic carbocycles. The Labute approximate surface area is 121 Å². The Morgan fingerprint density at radius 3 is 2.71 bits per heavy atom. The van der Waals surface area contributed by atoms with E-state index in [4.69, 9.17) is 0 Å². The highest BCUT2D eigenvalue weighted by atomic mass is 16.6. The van der Waals surface area contributed by atoms with Gasteiger partial charge in [-0.1, -0.05) is 42.0 Å². The van der Waals surface area contributed by atoms with Gasteiger partial charge in [-0.3, -0.25) is 14.9 Å². The average molecular weight is 283 g/mol. The normalized spacial score (nSPS) is 10.5. The molecule has 0 atom stereocenters. The van der Waals surface area contributed by atoms with Gasteiger partial charge >= 0.3 is 0 Å². The first-order chi connectivity index (χ1) is 10.1. The van der Waals surface area contributed by atoms with Crippen LogP contribution in [0.4, 0.5) is 5.69 Å². The van der Waals surface area contributed by atoms with Gasteiger partial charge in [0, 0.05) is 6.07 Å². The first-order valence-electron chi connectivity index (χ1n) is 6.21. The molecule has 0 saturated carbocycles. The molecule has 2 rings (SSSR count). The van der Waals surface area contributed by atoms with Crippen LogP contribution in [0.2, 0.25) is 0 Å². The van der Waals surface area contributed by atoms with Gasteiger partial charge in [0.05, 0.1) is 11.1 Å². The van der Waals surface area contributed by atoms with Crippen molar-refractivity contribution >= 4 is 17.8 Å². The van der Waals surface area contributed by atoms with E-state index in [2.05, 4.69) is 10.5 Å². The second kappa shape index (κ2) is 6.42. The number of carbonyl (C=O) groups excluding carboxylic acids is 1. The Hall–Kier alpha value is -3.02. The molecule has 0 aliphatic heterocycles. The van der Waals surface area contributed by atoms with Crippen molar-refractivity contribution in [1.82, 2.24) is 5.43 Å². The van der Waals surface area contributed by atoms with Gasteiger partial charge in [0.15, 0.2) is 0 Å². The summed E-state index contributed by atoms with van der Waals surface area (Å²) in [7, 11) is 0. The van der Waals surface area contributed by atoms with Crippen molar-refractivity contribution in [1.29, 1.82) is 0 Å². The van der Waals surface area contributed by atoms with Crippen molar-refractivity contribution in [2.24, 2.45) is 5.10 Å². The Morgan fingerprint density at radius 1 is 1.24 bits per heavy atom. The standard InChI is InChI=1S/C15H13N3O3/c1-11-5-4-6-12(9-11)10-16-17-15(19)13-7-2-3-8-14(13)18(20)21/h2-10H,1H3,(H,17,19). The number of nitro benzene ring substituents is 1. The lowest BCUT2D eigenvalue weighted by Gasteiger charge is -2.01. The van der Waals surface area contributed by atoms with Gasteiger partial charge in [0.2, 0.25) is 0 Å². The van der Waals surface area contributed by atoms with Crippen LogP contribution in [-0.2, 0) is 0 Å². The fraction of sp³-hybridized carbons (Fsp3) is 0.0667. The maximum atomic E-state index is 11.9. The molecule has 6 heteroatoms. The zero-order valence-electron chi connectivity index (χ0n) is 11.3. The van der Waals surface area contributed by atoms with Gasteiger partial charge in [0.1, 0.15) is 5.56 Å². The van der Waals surface area contributed by atoms with E-state index >= 15 is 0 Å². The predicted octanol–water partition coefficient (Wildman–Crippen LogP) is 2.67. The lowest BCUT2D eigenvalue weighted by atomic mass is 10.1. The van der Waals surface area contributed by atoms with E-state index in [1.165, 1.54) is 24.4 Å². The molecule has 0 bridgehead atoms. The number of rotatable bonds is 4. The summed E-state index contributed by atoms with van der Waals surface area (Å²) in [5, 5.41) is 14.7. The highest BCUT2D eigenvalue weighted by Gasteiger charge is 2.18. The van der Waals surface area contributed by atoms with E-state index in [0.717, 1.165) is 11.1 Å². The summed E-state index contributed by atoms with van der Waals surface area (Å²) < 4.78 is 0. The molecule has 2 aromatic carbocycles. The lowest BCUT2D eigenvalue weighted by molar-refractivity contribution is -0.385. The smallest absolute Gasteiger partial charge is 0.267 e. The van der Waals surface area contributed by atoms with Gasteiger partial charge < -0.3 is 0 Å². The van der Waals surface area contributed by atoms with Crippen LogP contribution in [-0.4, -0.2) is 17.0 Å². The van der Waals surface area contributed by atoms with E-state index in [1.807, 2.05) is 31.2 Å². The zero-order chi connectivity index (χ0) is 15.2. The molecule has 0 radical (unpaired) electrons. The Bertz CT molecular complexity index is 711. The third kappa shape index (κ3) is 3.73. The van der Waals surface area contributed by atoms with Crippen molar-refractivity contribution in [2.45, 2.75) is 6.92 Å². The van der Waals surface area contributed by atoms with Crippen molar-refractivity contribution in [2.75, 3.05) is 0 Å². The number of para-hydroxylation sites is 1. The Kier molecular flexibility index (Phi) is 4.40. The predicted molar refractivity (Wildman–Crippen MR) is 79.3 cm³/mol. The molecule has 0 unspecified atom stereocenters. The second-order valence-electron chi connectivity index (χ2n) is 4.39. The number of carbonyl (C=O) groups is 1. The molecule has 0 spiro atoms. The molecule has 106 valence electrons. The summed E-state index contributed by atoms with van der Waals surface area (Å²) in [6.07, 6.45) is 1.49. The number of nitrogens with one attached hydrogen (secondary N) is 1. The number of nitro groups is 1. The molecule has 1 N–H and O–H groups in total. The number of hydrogen-bond donors (Lipinski definition) is 1. The van der Waals surface area contributed by atoms with E-state index in [-0.39, 0.29) is 11.3 Å². The van der Waals surface area contributed by atoms with Gasteiger partial charge in [-0.15, -0.1) is 0 Å². The third-order valence-electron chi connectivity index (χ3n) is 2.77. The second-order valence-corrected chi connectivity index (χ2v) is 4.39. The minimum atomic E-state index is -0.619. The summed E-state index contributed by atoms with van der Waals surface area (Å²) >= 11 is 0. The van der Waals surface area contributed by atoms with Crippen LogP contribution in [0.25, 0.3) is 0 Å². The van der Waals surface area contributed by atoms with Crippen molar-refractivity contribution in [3.05, 3.63) is 75.3 Å². The fourth-order valence-electron chi connectivity index (χ4n) is 1.80. The van der Waals surface area contributed by atoms with E-state index in [1.54, 1.807) is 6.07 Å². The van der Waals surface area contributed by atoms with Crippen molar-refractivity contribution in [3.8, 4) is 0 Å². The number of benzene rings is 2. The SMILES string of the molecule is Cc1cccc(C=NNC(=O)c2ccccc2[N+](=O)[O-])c1. The number of aryl methyl sites for hydroxylation is 1. The summed E-state index contributed by atoms with van der Waals surface area (Å²) in [4.78, 5) is 22.1. The van der Waals surface area contributed by atoms with E-state index < -0.39 is 10.8 Å². The van der Waals surface area contributed by atoms with Gasteiger partial charge in [-0.2, -0.15) is 5.10 Å². The Morgan fingerprint density at radius 2 is 2.00 bits per heavy atom.